The summed E-state index contributed by atoms with van der Waals surface area (Å²) in [5.41, 5.74) is 3.84. The van der Waals surface area contributed by atoms with Gasteiger partial charge >= 0.3 is 0 Å². The zero-order valence-corrected chi connectivity index (χ0v) is 13.0. The molecular weight excluding hydrogens is 272 g/mol. The lowest BCUT2D eigenvalue weighted by atomic mass is 9.74. The van der Waals surface area contributed by atoms with E-state index in [1.54, 1.807) is 0 Å². The van der Waals surface area contributed by atoms with Crippen molar-refractivity contribution in [2.24, 2.45) is 11.8 Å². The molecule has 3 heteroatoms. The quantitative estimate of drug-likeness (QED) is 0.850. The molecule has 3 nitrogen and oxygen atoms in total. The van der Waals surface area contributed by atoms with Crippen molar-refractivity contribution >= 4 is 10.9 Å². The first-order valence-electron chi connectivity index (χ1n) is 8.38. The molecular formula is C19H24N2O. The van der Waals surface area contributed by atoms with Crippen molar-refractivity contribution in [2.45, 2.75) is 25.3 Å². The molecule has 0 amide bonds. The van der Waals surface area contributed by atoms with Crippen LogP contribution in [0.1, 0.15) is 30.1 Å². The molecule has 3 fully saturated rings. The van der Waals surface area contributed by atoms with Crippen LogP contribution in [0.15, 0.2) is 36.9 Å². The van der Waals surface area contributed by atoms with Crippen LogP contribution in [0.2, 0.25) is 0 Å². The highest BCUT2D eigenvalue weighted by atomic mass is 16.2. The minimum atomic E-state index is 0.209. The molecule has 0 aliphatic carbocycles. The summed E-state index contributed by atoms with van der Waals surface area (Å²) in [6, 6.07) is 8.95. The lowest BCUT2D eigenvalue weighted by Gasteiger charge is -2.49. The third-order valence-corrected chi connectivity index (χ3v) is 5.65. The largest absolute Gasteiger partial charge is 0.396 e. The number of benzene rings is 1. The van der Waals surface area contributed by atoms with E-state index in [0.717, 1.165) is 18.9 Å². The van der Waals surface area contributed by atoms with Gasteiger partial charge in [-0.2, -0.15) is 0 Å². The molecule has 3 aliphatic rings. The Morgan fingerprint density at radius 2 is 2.23 bits per heavy atom. The van der Waals surface area contributed by atoms with Gasteiger partial charge in [-0.15, -0.1) is 6.58 Å². The molecule has 1 aromatic heterocycles. The number of nitrogens with zero attached hydrogens (tertiary/aromatic N) is 1. The number of aliphatic hydroxyl groups excluding tert-OH is 1. The molecule has 4 atom stereocenters. The number of piperidine rings is 3. The second kappa shape index (κ2) is 5.56. The zero-order valence-electron chi connectivity index (χ0n) is 13.0. The minimum Gasteiger partial charge on any atom is -0.396 e. The monoisotopic (exact) mass is 296 g/mol. The Morgan fingerprint density at radius 1 is 1.36 bits per heavy atom. The third kappa shape index (κ3) is 2.11. The fourth-order valence-electron chi connectivity index (χ4n) is 4.52. The molecule has 2 N–H and O–H groups in total. The fraction of sp³-hybridized carbons (Fsp3) is 0.474. The van der Waals surface area contributed by atoms with Crippen molar-refractivity contribution in [3.8, 4) is 0 Å². The number of hydrogen-bond donors (Lipinski definition) is 2. The number of para-hydroxylation sites is 1. The van der Waals surface area contributed by atoms with Gasteiger partial charge in [0, 0.05) is 29.7 Å². The summed E-state index contributed by atoms with van der Waals surface area (Å²) in [4.78, 5) is 6.27. The Balaban J connectivity index is 1.75. The molecule has 22 heavy (non-hydrogen) atoms. The van der Waals surface area contributed by atoms with Crippen molar-refractivity contribution in [3.63, 3.8) is 0 Å². The van der Waals surface area contributed by atoms with Crippen LogP contribution in [0.3, 0.4) is 0 Å². The van der Waals surface area contributed by atoms with Crippen LogP contribution >= 0.6 is 0 Å². The first kappa shape index (κ1) is 14.0. The molecule has 3 saturated heterocycles. The smallest absolute Gasteiger partial charge is 0.0504 e. The summed E-state index contributed by atoms with van der Waals surface area (Å²) in [6.07, 6.45) is 5.39. The molecule has 0 spiro atoms. The van der Waals surface area contributed by atoms with Crippen molar-refractivity contribution in [3.05, 3.63) is 48.2 Å². The van der Waals surface area contributed by atoms with E-state index in [4.69, 9.17) is 0 Å². The van der Waals surface area contributed by atoms with Gasteiger partial charge in [-0.25, -0.2) is 0 Å². The number of nitrogens with one attached hydrogen (secondary N) is 1. The van der Waals surface area contributed by atoms with E-state index in [0.29, 0.717) is 12.0 Å². The lowest BCUT2D eigenvalue weighted by Crippen LogP contribution is -2.48. The van der Waals surface area contributed by atoms with Gasteiger partial charge in [0.15, 0.2) is 0 Å². The highest BCUT2D eigenvalue weighted by molar-refractivity contribution is 5.84. The van der Waals surface area contributed by atoms with E-state index in [1.165, 1.54) is 41.5 Å². The van der Waals surface area contributed by atoms with Crippen molar-refractivity contribution < 1.29 is 5.11 Å². The van der Waals surface area contributed by atoms with Crippen LogP contribution in [0, 0.1) is 11.8 Å². The number of fused-ring (bicyclic) bond motifs is 4. The van der Waals surface area contributed by atoms with Gasteiger partial charge in [0.05, 0.1) is 6.04 Å². The van der Waals surface area contributed by atoms with Crippen LogP contribution in [0.5, 0.6) is 0 Å². The predicted molar refractivity (Wildman–Crippen MR) is 89.8 cm³/mol. The third-order valence-electron chi connectivity index (χ3n) is 5.65. The average molecular weight is 296 g/mol. The predicted octanol–water partition coefficient (Wildman–Crippen LogP) is 3.27. The van der Waals surface area contributed by atoms with Crippen molar-refractivity contribution in [2.75, 3.05) is 19.7 Å². The summed E-state index contributed by atoms with van der Waals surface area (Å²) < 4.78 is 0. The van der Waals surface area contributed by atoms with Gasteiger partial charge < -0.3 is 10.1 Å². The lowest BCUT2D eigenvalue weighted by molar-refractivity contribution is 0.0163. The Morgan fingerprint density at radius 3 is 2.95 bits per heavy atom. The van der Waals surface area contributed by atoms with Gasteiger partial charge in [0.2, 0.25) is 0 Å². The maximum atomic E-state index is 9.49. The molecule has 0 radical (unpaired) electrons. The van der Waals surface area contributed by atoms with Gasteiger partial charge in [-0.3, -0.25) is 4.90 Å². The summed E-state index contributed by atoms with van der Waals surface area (Å²) in [7, 11) is 0. The number of aromatic amines is 1. The first-order chi connectivity index (χ1) is 10.8. The topological polar surface area (TPSA) is 39.3 Å². The van der Waals surface area contributed by atoms with E-state index < -0.39 is 0 Å². The number of aromatic nitrogens is 1. The first-order valence-corrected chi connectivity index (χ1v) is 8.38. The van der Waals surface area contributed by atoms with Gasteiger partial charge in [0.1, 0.15) is 0 Å². The number of H-pyrrole nitrogens is 1. The minimum absolute atomic E-state index is 0.209. The van der Waals surface area contributed by atoms with E-state index in [9.17, 15) is 5.11 Å². The SMILES string of the molecule is C=CC1CN2CCC1C[C@H]2c1[nH]c2ccccc2c1CCO. The summed E-state index contributed by atoms with van der Waals surface area (Å²) in [5.74, 6) is 1.41. The standard InChI is InChI=1S/C19H24N2O/c1-2-13-12-21-9-7-14(13)11-18(21)19-16(8-10-22)15-5-3-4-6-17(15)20-19/h2-6,13-14,18,20,22H,1,7-12H2/t13?,14?,18-/m0/s1. The molecule has 5 rings (SSSR count). The van der Waals surface area contributed by atoms with Crippen molar-refractivity contribution in [1.29, 1.82) is 0 Å². The van der Waals surface area contributed by atoms with E-state index in [2.05, 4.69) is 46.8 Å². The second-order valence-corrected chi connectivity index (χ2v) is 6.73. The average Bonchev–Trinajstić information content (AvgIpc) is 2.94. The van der Waals surface area contributed by atoms with Crippen LogP contribution in [0.4, 0.5) is 0 Å². The molecule has 2 aromatic rings. The second-order valence-electron chi connectivity index (χ2n) is 6.73. The summed E-state index contributed by atoms with van der Waals surface area (Å²) >= 11 is 0. The molecule has 1 aromatic carbocycles. The highest BCUT2D eigenvalue weighted by Crippen LogP contribution is 2.45. The molecule has 116 valence electrons. The molecule has 0 saturated carbocycles. The van der Waals surface area contributed by atoms with E-state index in [1.807, 2.05) is 0 Å². The van der Waals surface area contributed by atoms with Crippen LogP contribution in [0.25, 0.3) is 10.9 Å². The maximum Gasteiger partial charge on any atom is 0.0504 e. The Labute approximate surface area is 131 Å². The van der Waals surface area contributed by atoms with Crippen LogP contribution in [-0.4, -0.2) is 34.7 Å². The molecule has 3 unspecified atom stereocenters. The number of rotatable bonds is 4. The zero-order chi connectivity index (χ0) is 15.1. The normalized spacial score (nSPS) is 30.8. The molecule has 2 bridgehead atoms. The van der Waals surface area contributed by atoms with E-state index >= 15 is 0 Å². The maximum absolute atomic E-state index is 9.49. The summed E-state index contributed by atoms with van der Waals surface area (Å²) in [6.45, 7) is 6.54. The Hall–Kier alpha value is -1.58. The van der Waals surface area contributed by atoms with Gasteiger partial charge in [0.25, 0.3) is 0 Å². The van der Waals surface area contributed by atoms with Crippen LogP contribution < -0.4 is 0 Å². The van der Waals surface area contributed by atoms with Gasteiger partial charge in [-0.05, 0) is 49.3 Å². The Kier molecular flexibility index (Phi) is 3.55. The highest BCUT2D eigenvalue weighted by Gasteiger charge is 2.40. The summed E-state index contributed by atoms with van der Waals surface area (Å²) in [5, 5.41) is 10.8. The number of hydrogen-bond acceptors (Lipinski definition) is 2. The number of aliphatic hydroxyl groups is 1. The van der Waals surface area contributed by atoms with Gasteiger partial charge in [-0.1, -0.05) is 24.3 Å². The molecule has 4 heterocycles. The fourth-order valence-corrected chi connectivity index (χ4v) is 4.52. The Bertz CT molecular complexity index is 690. The molecule has 3 aliphatic heterocycles. The van der Waals surface area contributed by atoms with Crippen molar-refractivity contribution in [1.82, 2.24) is 9.88 Å². The van der Waals surface area contributed by atoms with Crippen LogP contribution in [-0.2, 0) is 6.42 Å². The van der Waals surface area contributed by atoms with E-state index in [-0.39, 0.29) is 6.61 Å².